The van der Waals surface area contributed by atoms with Crippen molar-refractivity contribution in [2.45, 2.75) is 127 Å². The van der Waals surface area contributed by atoms with Crippen LogP contribution >= 0.6 is 0 Å². The first-order chi connectivity index (χ1) is 9.91. The predicted octanol–water partition coefficient (Wildman–Crippen LogP) is 8.30. The van der Waals surface area contributed by atoms with E-state index in [1.165, 1.54) is 6.42 Å². The van der Waals surface area contributed by atoms with Crippen molar-refractivity contribution in [2.75, 3.05) is 0 Å². The van der Waals surface area contributed by atoms with Crippen LogP contribution in [0.15, 0.2) is 0 Å². The molecule has 0 N–H and O–H groups in total. The van der Waals surface area contributed by atoms with Gasteiger partial charge in [0.25, 0.3) is 0 Å². The highest BCUT2D eigenvalue weighted by atomic mass is 28.4. The molecule has 2 heteroatoms. The van der Waals surface area contributed by atoms with Crippen LogP contribution in [0.4, 0.5) is 0 Å². The van der Waals surface area contributed by atoms with E-state index in [1.807, 2.05) is 0 Å². The fraction of sp³-hybridized carbons (Fsp3) is 1.00. The van der Waals surface area contributed by atoms with Gasteiger partial charge in [0.05, 0.1) is 0 Å². The molecule has 1 nitrogen and oxygen atoms in total. The van der Waals surface area contributed by atoms with Crippen LogP contribution < -0.4 is 0 Å². The van der Waals surface area contributed by atoms with E-state index in [1.54, 1.807) is 0 Å². The Bertz CT molecular complexity index is 327. The first-order valence-electron chi connectivity index (χ1n) is 9.62. The molecule has 0 heterocycles. The summed E-state index contributed by atoms with van der Waals surface area (Å²) in [6.07, 6.45) is 1.28. The van der Waals surface area contributed by atoms with E-state index in [0.717, 1.165) is 0 Å². The van der Waals surface area contributed by atoms with Crippen molar-refractivity contribution in [2.24, 2.45) is 16.2 Å². The summed E-state index contributed by atoms with van der Waals surface area (Å²) in [6, 6.07) is 0. The maximum atomic E-state index is 6.13. The maximum absolute atomic E-state index is 6.13. The minimum atomic E-state index is -1.54. The SMILES string of the molecule is CC(C)(C)CC(C)(C)C(C)(C)C.CC(C)(C)O[Si](C)(C)C(C)(C)C. The van der Waals surface area contributed by atoms with Crippen LogP contribution in [0.2, 0.25) is 18.1 Å². The third-order valence-electron chi connectivity index (χ3n) is 5.37. The third-order valence-corrected chi connectivity index (χ3v) is 10.1. The fourth-order valence-corrected chi connectivity index (χ4v) is 4.35. The smallest absolute Gasteiger partial charge is 0.192 e. The molecule has 0 aromatic rings. The molecule has 0 rings (SSSR count). The zero-order valence-electron chi connectivity index (χ0n) is 20.1. The molecular weight excluding hydrogens is 308 g/mol. The van der Waals surface area contributed by atoms with Crippen LogP contribution in [0.1, 0.15) is 103 Å². The van der Waals surface area contributed by atoms with Gasteiger partial charge in [0, 0.05) is 5.60 Å². The van der Waals surface area contributed by atoms with Crippen LogP contribution in [0.5, 0.6) is 0 Å². The Morgan fingerprint density at radius 1 is 0.625 bits per heavy atom. The zero-order valence-corrected chi connectivity index (χ0v) is 21.1. The van der Waals surface area contributed by atoms with Crippen molar-refractivity contribution in [3.05, 3.63) is 0 Å². The Balaban J connectivity index is 0. The summed E-state index contributed by atoms with van der Waals surface area (Å²) >= 11 is 0. The van der Waals surface area contributed by atoms with Gasteiger partial charge < -0.3 is 4.43 Å². The van der Waals surface area contributed by atoms with E-state index in [2.05, 4.69) is 110 Å². The second-order valence-electron chi connectivity index (χ2n) is 12.8. The highest BCUT2D eigenvalue weighted by Gasteiger charge is 2.40. The topological polar surface area (TPSA) is 9.23 Å². The minimum Gasteiger partial charge on any atom is -0.412 e. The molecule has 0 spiro atoms. The zero-order chi connectivity index (χ0) is 20.4. The van der Waals surface area contributed by atoms with Crippen molar-refractivity contribution in [3.63, 3.8) is 0 Å². The summed E-state index contributed by atoms with van der Waals surface area (Å²) in [5.74, 6) is 0. The van der Waals surface area contributed by atoms with Crippen molar-refractivity contribution >= 4 is 8.32 Å². The second-order valence-corrected chi connectivity index (χ2v) is 17.6. The van der Waals surface area contributed by atoms with Gasteiger partial charge in [-0.25, -0.2) is 0 Å². The normalized spacial score (nSPS) is 15.0. The summed E-state index contributed by atoms with van der Waals surface area (Å²) < 4.78 is 6.13. The Morgan fingerprint density at radius 3 is 1.04 bits per heavy atom. The molecule has 0 saturated heterocycles. The Hall–Kier alpha value is 0.177. The van der Waals surface area contributed by atoms with Gasteiger partial charge in [0.1, 0.15) is 0 Å². The highest BCUT2D eigenvalue weighted by Crippen LogP contribution is 2.45. The van der Waals surface area contributed by atoms with Gasteiger partial charge in [-0.1, -0.05) is 76.2 Å². The van der Waals surface area contributed by atoms with Gasteiger partial charge in [-0.2, -0.15) is 0 Å². The van der Waals surface area contributed by atoms with E-state index in [4.69, 9.17) is 4.43 Å². The molecule has 0 amide bonds. The van der Waals surface area contributed by atoms with E-state index in [9.17, 15) is 0 Å². The Kier molecular flexibility index (Phi) is 8.61. The first-order valence-corrected chi connectivity index (χ1v) is 12.5. The molecule has 0 aliphatic rings. The van der Waals surface area contributed by atoms with Crippen LogP contribution in [-0.4, -0.2) is 13.9 Å². The first kappa shape index (κ1) is 26.4. The molecule has 0 aliphatic heterocycles. The van der Waals surface area contributed by atoms with Gasteiger partial charge in [0.15, 0.2) is 8.32 Å². The van der Waals surface area contributed by atoms with Crippen molar-refractivity contribution in [3.8, 4) is 0 Å². The fourth-order valence-electron chi connectivity index (χ4n) is 2.51. The summed E-state index contributed by atoms with van der Waals surface area (Å²) in [4.78, 5) is 0. The summed E-state index contributed by atoms with van der Waals surface area (Å²) in [7, 11) is -1.54. The highest BCUT2D eigenvalue weighted by molar-refractivity contribution is 6.74. The maximum Gasteiger partial charge on any atom is 0.192 e. The lowest BCUT2D eigenvalue weighted by atomic mass is 9.63. The number of rotatable bonds is 2. The van der Waals surface area contributed by atoms with Crippen LogP contribution in [0.25, 0.3) is 0 Å². The predicted molar refractivity (Wildman–Crippen MR) is 115 cm³/mol. The standard InChI is InChI=1S/C12H26.C10H24OSi/c1-10(2,3)9-12(7,8)11(4,5)6;1-9(2,3)11-12(7,8)10(4,5)6/h9H2,1-8H3;1-8H3. The Labute approximate surface area is 156 Å². The van der Waals surface area contributed by atoms with Crippen molar-refractivity contribution in [1.82, 2.24) is 0 Å². The van der Waals surface area contributed by atoms with Gasteiger partial charge >= 0.3 is 0 Å². The largest absolute Gasteiger partial charge is 0.412 e. The lowest BCUT2D eigenvalue weighted by molar-refractivity contribution is 0.0743. The summed E-state index contributed by atoms with van der Waals surface area (Å²) in [5.41, 5.74) is 1.27. The lowest BCUT2D eigenvalue weighted by Crippen LogP contribution is -2.46. The molecule has 0 aliphatic carbocycles. The second kappa shape index (κ2) is 7.82. The van der Waals surface area contributed by atoms with Crippen LogP contribution in [-0.2, 0) is 4.43 Å². The molecular formula is C22H50OSi. The van der Waals surface area contributed by atoms with E-state index < -0.39 is 8.32 Å². The van der Waals surface area contributed by atoms with E-state index >= 15 is 0 Å². The lowest BCUT2D eigenvalue weighted by Gasteiger charge is -2.43. The van der Waals surface area contributed by atoms with E-state index in [0.29, 0.717) is 21.3 Å². The molecule has 0 unspecified atom stereocenters. The average Bonchev–Trinajstić information content (AvgIpc) is 2.05. The molecule has 24 heavy (non-hydrogen) atoms. The molecule has 0 atom stereocenters. The molecule has 0 saturated carbocycles. The quantitative estimate of drug-likeness (QED) is 0.451. The van der Waals surface area contributed by atoms with E-state index in [-0.39, 0.29) is 5.60 Å². The van der Waals surface area contributed by atoms with Crippen LogP contribution in [0, 0.1) is 16.2 Å². The van der Waals surface area contributed by atoms with Gasteiger partial charge in [0.2, 0.25) is 0 Å². The molecule has 148 valence electrons. The number of hydrogen-bond acceptors (Lipinski definition) is 1. The van der Waals surface area contributed by atoms with Crippen LogP contribution in [0.3, 0.4) is 0 Å². The molecule has 0 radical (unpaired) electrons. The molecule has 0 fully saturated rings. The number of hydrogen-bond donors (Lipinski definition) is 0. The third kappa shape index (κ3) is 10.9. The molecule has 0 bridgehead atoms. The van der Waals surface area contributed by atoms with Gasteiger partial charge in [-0.05, 0) is 61.6 Å². The monoisotopic (exact) mass is 358 g/mol. The molecule has 0 aromatic heterocycles. The van der Waals surface area contributed by atoms with Gasteiger partial charge in [-0.3, -0.25) is 0 Å². The summed E-state index contributed by atoms with van der Waals surface area (Å²) in [5, 5.41) is 0.320. The Morgan fingerprint density at radius 2 is 0.958 bits per heavy atom. The minimum absolute atomic E-state index is 0.00298. The van der Waals surface area contributed by atoms with Gasteiger partial charge in [-0.15, -0.1) is 0 Å². The van der Waals surface area contributed by atoms with Crippen molar-refractivity contribution < 1.29 is 4.43 Å². The average molecular weight is 359 g/mol. The molecule has 0 aromatic carbocycles. The summed E-state index contributed by atoms with van der Waals surface area (Å²) in [6.45, 7) is 36.5. The van der Waals surface area contributed by atoms with Crippen molar-refractivity contribution in [1.29, 1.82) is 0 Å².